The van der Waals surface area contributed by atoms with E-state index in [4.69, 9.17) is 10.00 Å². The largest absolute Gasteiger partial charge is 0.484 e. The minimum Gasteiger partial charge on any atom is -0.484 e. The number of carbonyl (C=O) groups excluding carboxylic acids is 1. The molecule has 1 amide bonds. The van der Waals surface area contributed by atoms with E-state index in [1.165, 1.54) is 0 Å². The van der Waals surface area contributed by atoms with Crippen LogP contribution in [-0.4, -0.2) is 24.2 Å². The van der Waals surface area contributed by atoms with Gasteiger partial charge in [0.05, 0.1) is 17.7 Å². The van der Waals surface area contributed by atoms with Crippen LogP contribution in [0.5, 0.6) is 5.75 Å². The van der Waals surface area contributed by atoms with E-state index in [1.807, 2.05) is 24.3 Å². The number of rotatable bonds is 6. The Morgan fingerprint density at radius 3 is 2.50 bits per heavy atom. The predicted molar refractivity (Wildman–Crippen MR) is 81.1 cm³/mol. The Bertz CT molecular complexity index is 648. The zero-order chi connectivity index (χ0) is 15.8. The van der Waals surface area contributed by atoms with Gasteiger partial charge in [-0.1, -0.05) is 30.3 Å². The third-order valence-electron chi connectivity index (χ3n) is 3.03. The van der Waals surface area contributed by atoms with E-state index < -0.39 is 6.10 Å². The van der Waals surface area contributed by atoms with E-state index in [-0.39, 0.29) is 19.1 Å². The average molecular weight is 296 g/mol. The van der Waals surface area contributed by atoms with Crippen molar-refractivity contribution in [2.75, 3.05) is 13.2 Å². The van der Waals surface area contributed by atoms with Gasteiger partial charge in [-0.15, -0.1) is 0 Å². The Balaban J connectivity index is 1.75. The maximum absolute atomic E-state index is 11.7. The van der Waals surface area contributed by atoms with Crippen LogP contribution in [0.15, 0.2) is 54.6 Å². The van der Waals surface area contributed by atoms with Gasteiger partial charge in [0.15, 0.2) is 6.61 Å². The number of amides is 1. The zero-order valence-corrected chi connectivity index (χ0v) is 11.9. The second kappa shape index (κ2) is 7.81. The fraction of sp³-hybridized carbons (Fsp3) is 0.176. The summed E-state index contributed by atoms with van der Waals surface area (Å²) in [7, 11) is 0. The number of aliphatic hydroxyl groups is 1. The Morgan fingerprint density at radius 1 is 1.18 bits per heavy atom. The molecule has 1 atom stereocenters. The highest BCUT2D eigenvalue weighted by Gasteiger charge is 2.09. The molecule has 2 rings (SSSR count). The van der Waals surface area contributed by atoms with Crippen LogP contribution in [0.4, 0.5) is 0 Å². The molecule has 5 heteroatoms. The number of ether oxygens (including phenoxy) is 1. The minimum absolute atomic E-state index is 0.125. The van der Waals surface area contributed by atoms with E-state index in [1.54, 1.807) is 36.4 Å². The molecule has 112 valence electrons. The molecule has 0 aliphatic heterocycles. The van der Waals surface area contributed by atoms with E-state index >= 15 is 0 Å². The van der Waals surface area contributed by atoms with Crippen LogP contribution in [0.25, 0.3) is 0 Å². The van der Waals surface area contributed by atoms with Crippen molar-refractivity contribution in [2.24, 2.45) is 0 Å². The number of hydrogen-bond acceptors (Lipinski definition) is 4. The SMILES string of the molecule is N#Cc1ccc(OCC(=O)NC[C@H](O)c2ccccc2)cc1. The minimum atomic E-state index is -0.750. The summed E-state index contributed by atoms with van der Waals surface area (Å²) in [5, 5.41) is 21.2. The molecule has 0 saturated heterocycles. The van der Waals surface area contributed by atoms with E-state index in [2.05, 4.69) is 5.32 Å². The Kier molecular flexibility index (Phi) is 5.52. The molecule has 0 radical (unpaired) electrons. The number of nitrogens with zero attached hydrogens (tertiary/aromatic N) is 1. The molecule has 2 N–H and O–H groups in total. The van der Waals surface area contributed by atoms with Gasteiger partial charge in [-0.3, -0.25) is 4.79 Å². The highest BCUT2D eigenvalue weighted by Crippen LogP contribution is 2.12. The molecule has 0 fully saturated rings. The molecule has 0 aliphatic rings. The number of hydrogen-bond donors (Lipinski definition) is 2. The van der Waals surface area contributed by atoms with Gasteiger partial charge in [-0.05, 0) is 29.8 Å². The van der Waals surface area contributed by atoms with Crippen molar-refractivity contribution in [3.63, 3.8) is 0 Å². The third-order valence-corrected chi connectivity index (χ3v) is 3.03. The molecule has 0 aliphatic carbocycles. The summed E-state index contributed by atoms with van der Waals surface area (Å²) in [5.74, 6) is 0.192. The number of nitriles is 1. The average Bonchev–Trinajstić information content (AvgIpc) is 2.59. The molecule has 2 aromatic rings. The second-order valence-corrected chi connectivity index (χ2v) is 4.66. The predicted octanol–water partition coefficient (Wildman–Crippen LogP) is 1.79. The van der Waals surface area contributed by atoms with Crippen LogP contribution >= 0.6 is 0 Å². The first-order valence-electron chi connectivity index (χ1n) is 6.81. The van der Waals surface area contributed by atoms with Gasteiger partial charge in [0.1, 0.15) is 5.75 Å². The summed E-state index contributed by atoms with van der Waals surface area (Å²) in [4.78, 5) is 11.7. The van der Waals surface area contributed by atoms with Gasteiger partial charge in [-0.25, -0.2) is 0 Å². The molecular formula is C17H16N2O3. The van der Waals surface area contributed by atoms with E-state index in [0.29, 0.717) is 11.3 Å². The normalized spacial score (nSPS) is 11.3. The molecule has 0 spiro atoms. The van der Waals surface area contributed by atoms with Crippen LogP contribution < -0.4 is 10.1 Å². The van der Waals surface area contributed by atoms with Crippen molar-refractivity contribution in [3.05, 3.63) is 65.7 Å². The molecule has 2 aromatic carbocycles. The Hall–Kier alpha value is -2.84. The van der Waals surface area contributed by atoms with Gasteiger partial charge in [0, 0.05) is 6.54 Å². The van der Waals surface area contributed by atoms with Gasteiger partial charge in [-0.2, -0.15) is 5.26 Å². The topological polar surface area (TPSA) is 82.3 Å². The first-order valence-corrected chi connectivity index (χ1v) is 6.81. The number of benzene rings is 2. The van der Waals surface area contributed by atoms with Crippen LogP contribution in [-0.2, 0) is 4.79 Å². The van der Waals surface area contributed by atoms with Crippen molar-refractivity contribution < 1.29 is 14.6 Å². The second-order valence-electron chi connectivity index (χ2n) is 4.66. The molecule has 0 heterocycles. The molecule has 22 heavy (non-hydrogen) atoms. The fourth-order valence-electron chi connectivity index (χ4n) is 1.83. The molecular weight excluding hydrogens is 280 g/mol. The molecule has 0 saturated carbocycles. The lowest BCUT2D eigenvalue weighted by molar-refractivity contribution is -0.123. The molecule has 0 unspecified atom stereocenters. The van der Waals surface area contributed by atoms with Gasteiger partial charge >= 0.3 is 0 Å². The van der Waals surface area contributed by atoms with Crippen molar-refractivity contribution in [1.82, 2.24) is 5.32 Å². The maximum Gasteiger partial charge on any atom is 0.258 e. The van der Waals surface area contributed by atoms with Gasteiger partial charge < -0.3 is 15.2 Å². The lowest BCUT2D eigenvalue weighted by Gasteiger charge is -2.12. The molecule has 5 nitrogen and oxygen atoms in total. The first kappa shape index (κ1) is 15.5. The molecule has 0 aromatic heterocycles. The summed E-state index contributed by atoms with van der Waals surface area (Å²) in [6.45, 7) is -0.0208. The maximum atomic E-state index is 11.7. The van der Waals surface area contributed by atoms with Crippen molar-refractivity contribution in [1.29, 1.82) is 5.26 Å². The van der Waals surface area contributed by atoms with E-state index in [9.17, 15) is 9.90 Å². The summed E-state index contributed by atoms with van der Waals surface area (Å²) in [6.07, 6.45) is -0.750. The standard InChI is InChI=1S/C17H16N2O3/c18-10-13-6-8-15(9-7-13)22-12-17(21)19-11-16(20)14-4-2-1-3-5-14/h1-9,16,20H,11-12H2,(H,19,21)/t16-/m0/s1. The summed E-state index contributed by atoms with van der Waals surface area (Å²) < 4.78 is 5.30. The summed E-state index contributed by atoms with van der Waals surface area (Å²) >= 11 is 0. The zero-order valence-electron chi connectivity index (χ0n) is 11.9. The highest BCUT2D eigenvalue weighted by molar-refractivity contribution is 5.77. The van der Waals surface area contributed by atoms with Crippen LogP contribution in [0, 0.1) is 11.3 Å². The van der Waals surface area contributed by atoms with Crippen molar-refractivity contribution in [2.45, 2.75) is 6.10 Å². The quantitative estimate of drug-likeness (QED) is 0.851. The van der Waals surface area contributed by atoms with Crippen LogP contribution in [0.3, 0.4) is 0 Å². The van der Waals surface area contributed by atoms with Crippen molar-refractivity contribution in [3.8, 4) is 11.8 Å². The first-order chi connectivity index (χ1) is 10.7. The number of nitrogens with one attached hydrogen (secondary N) is 1. The van der Waals surface area contributed by atoms with Crippen molar-refractivity contribution >= 4 is 5.91 Å². The number of carbonyl (C=O) groups is 1. The third kappa shape index (κ3) is 4.62. The van der Waals surface area contributed by atoms with E-state index in [0.717, 1.165) is 5.56 Å². The van der Waals surface area contributed by atoms with Gasteiger partial charge in [0.2, 0.25) is 0 Å². The Labute approximate surface area is 128 Å². The van der Waals surface area contributed by atoms with Gasteiger partial charge in [0.25, 0.3) is 5.91 Å². The Morgan fingerprint density at radius 2 is 1.86 bits per heavy atom. The smallest absolute Gasteiger partial charge is 0.258 e. The lowest BCUT2D eigenvalue weighted by Crippen LogP contribution is -2.32. The fourth-order valence-corrected chi connectivity index (χ4v) is 1.83. The lowest BCUT2D eigenvalue weighted by atomic mass is 10.1. The summed E-state index contributed by atoms with van der Waals surface area (Å²) in [6, 6.07) is 17.6. The summed E-state index contributed by atoms with van der Waals surface area (Å²) in [5.41, 5.74) is 1.28. The number of aliphatic hydroxyl groups excluding tert-OH is 1. The highest BCUT2D eigenvalue weighted by atomic mass is 16.5. The molecule has 0 bridgehead atoms. The van der Waals surface area contributed by atoms with Crippen LogP contribution in [0.1, 0.15) is 17.2 Å². The van der Waals surface area contributed by atoms with Crippen LogP contribution in [0.2, 0.25) is 0 Å². The monoisotopic (exact) mass is 296 g/mol.